The van der Waals surface area contributed by atoms with Gasteiger partial charge in [0.15, 0.2) is 0 Å². The van der Waals surface area contributed by atoms with Crippen molar-refractivity contribution in [2.75, 3.05) is 13.1 Å². The Labute approximate surface area is 132 Å². The van der Waals surface area contributed by atoms with Crippen LogP contribution in [0.3, 0.4) is 0 Å². The van der Waals surface area contributed by atoms with Crippen LogP contribution in [0.25, 0.3) is 0 Å². The van der Waals surface area contributed by atoms with Crippen LogP contribution >= 0.6 is 12.4 Å². The van der Waals surface area contributed by atoms with Crippen molar-refractivity contribution in [3.63, 3.8) is 0 Å². The predicted molar refractivity (Wildman–Crippen MR) is 88.5 cm³/mol. The van der Waals surface area contributed by atoms with Gasteiger partial charge in [0, 0.05) is 13.1 Å². The van der Waals surface area contributed by atoms with Gasteiger partial charge in [-0.05, 0) is 30.5 Å². The van der Waals surface area contributed by atoms with Gasteiger partial charge in [-0.2, -0.15) is 0 Å². The molecule has 2 nitrogen and oxygen atoms in total. The molecule has 1 unspecified atom stereocenters. The summed E-state index contributed by atoms with van der Waals surface area (Å²) in [5.41, 5.74) is 1.65. The maximum Gasteiger partial charge on any atom is 0.102 e. The average Bonchev–Trinajstić information content (AvgIpc) is 2.49. The molecule has 1 fully saturated rings. The molecule has 2 aromatic rings. The minimum atomic E-state index is -0.700. The molecule has 1 aliphatic rings. The van der Waals surface area contributed by atoms with Gasteiger partial charge in [0.25, 0.3) is 0 Å². The van der Waals surface area contributed by atoms with Crippen molar-refractivity contribution in [2.45, 2.75) is 25.0 Å². The SMILES string of the molecule is Cl.OC1(c2ccccc2)CCCN(Cc2ccccc2)C1. The lowest BCUT2D eigenvalue weighted by Crippen LogP contribution is -2.45. The van der Waals surface area contributed by atoms with Crippen molar-refractivity contribution in [3.05, 3.63) is 71.8 Å². The van der Waals surface area contributed by atoms with Gasteiger partial charge in [-0.25, -0.2) is 0 Å². The van der Waals surface area contributed by atoms with Crippen molar-refractivity contribution in [1.29, 1.82) is 0 Å². The van der Waals surface area contributed by atoms with Crippen molar-refractivity contribution in [2.24, 2.45) is 0 Å². The van der Waals surface area contributed by atoms with Crippen molar-refractivity contribution < 1.29 is 5.11 Å². The first-order valence-corrected chi connectivity index (χ1v) is 7.30. The van der Waals surface area contributed by atoms with Gasteiger partial charge < -0.3 is 5.11 Å². The van der Waals surface area contributed by atoms with Gasteiger partial charge in [-0.15, -0.1) is 12.4 Å². The Balaban J connectivity index is 0.00000161. The summed E-state index contributed by atoms with van der Waals surface area (Å²) >= 11 is 0. The lowest BCUT2D eigenvalue weighted by Gasteiger charge is -2.39. The summed E-state index contributed by atoms with van der Waals surface area (Å²) in [5.74, 6) is 0. The number of hydrogen-bond acceptors (Lipinski definition) is 2. The van der Waals surface area contributed by atoms with Gasteiger partial charge in [-0.1, -0.05) is 60.7 Å². The fourth-order valence-corrected chi connectivity index (χ4v) is 3.08. The van der Waals surface area contributed by atoms with E-state index in [2.05, 4.69) is 29.2 Å². The molecule has 1 N–H and O–H groups in total. The summed E-state index contributed by atoms with van der Waals surface area (Å²) in [6, 6.07) is 20.6. The second-order valence-corrected chi connectivity index (χ2v) is 5.70. The molecular weight excluding hydrogens is 282 g/mol. The van der Waals surface area contributed by atoms with Crippen molar-refractivity contribution in [3.8, 4) is 0 Å². The summed E-state index contributed by atoms with van der Waals surface area (Å²) < 4.78 is 0. The molecule has 0 spiro atoms. The fourth-order valence-electron chi connectivity index (χ4n) is 3.08. The van der Waals surface area contributed by atoms with E-state index in [4.69, 9.17) is 0 Å². The number of nitrogens with zero attached hydrogens (tertiary/aromatic N) is 1. The molecule has 1 aliphatic heterocycles. The molecule has 0 aromatic heterocycles. The van der Waals surface area contributed by atoms with Crippen LogP contribution in [-0.2, 0) is 12.1 Å². The largest absolute Gasteiger partial charge is 0.384 e. The quantitative estimate of drug-likeness (QED) is 0.936. The first-order valence-electron chi connectivity index (χ1n) is 7.30. The fraction of sp³-hybridized carbons (Fsp3) is 0.333. The third-order valence-corrected chi connectivity index (χ3v) is 4.11. The number of likely N-dealkylation sites (tertiary alicyclic amines) is 1. The highest BCUT2D eigenvalue weighted by atomic mass is 35.5. The van der Waals surface area contributed by atoms with Crippen LogP contribution < -0.4 is 0 Å². The molecule has 112 valence electrons. The molecular formula is C18H22ClNO. The molecule has 1 saturated heterocycles. The molecule has 3 heteroatoms. The normalized spacial score (nSPS) is 22.5. The van der Waals surface area contributed by atoms with E-state index in [0.717, 1.165) is 31.5 Å². The zero-order chi connectivity index (χ0) is 13.8. The Kier molecular flexibility index (Phi) is 5.40. The summed E-state index contributed by atoms with van der Waals surface area (Å²) in [6.07, 6.45) is 1.89. The molecule has 0 bridgehead atoms. The highest BCUT2D eigenvalue weighted by Crippen LogP contribution is 2.31. The Bertz CT molecular complexity index is 546. The molecule has 2 aromatic carbocycles. The highest BCUT2D eigenvalue weighted by Gasteiger charge is 2.34. The first-order chi connectivity index (χ1) is 9.76. The van der Waals surface area contributed by atoms with E-state index in [1.54, 1.807) is 0 Å². The van der Waals surface area contributed by atoms with E-state index in [1.165, 1.54) is 5.56 Å². The van der Waals surface area contributed by atoms with E-state index in [1.807, 2.05) is 36.4 Å². The van der Waals surface area contributed by atoms with E-state index in [-0.39, 0.29) is 12.4 Å². The third kappa shape index (κ3) is 3.85. The van der Waals surface area contributed by atoms with E-state index < -0.39 is 5.60 Å². The minimum Gasteiger partial charge on any atom is -0.384 e. The molecule has 0 amide bonds. The average molecular weight is 304 g/mol. The monoisotopic (exact) mass is 303 g/mol. The van der Waals surface area contributed by atoms with Crippen LogP contribution in [0, 0.1) is 0 Å². The highest BCUT2D eigenvalue weighted by molar-refractivity contribution is 5.85. The van der Waals surface area contributed by atoms with Crippen LogP contribution in [0.1, 0.15) is 24.0 Å². The van der Waals surface area contributed by atoms with Crippen LogP contribution in [0.4, 0.5) is 0 Å². The Morgan fingerprint density at radius 2 is 1.57 bits per heavy atom. The van der Waals surface area contributed by atoms with E-state index in [0.29, 0.717) is 6.54 Å². The second kappa shape index (κ2) is 7.08. The smallest absolute Gasteiger partial charge is 0.102 e. The minimum absolute atomic E-state index is 0. The number of hydrogen-bond donors (Lipinski definition) is 1. The third-order valence-electron chi connectivity index (χ3n) is 4.11. The topological polar surface area (TPSA) is 23.5 Å². The molecule has 0 radical (unpaired) electrons. The zero-order valence-corrected chi connectivity index (χ0v) is 12.9. The van der Waals surface area contributed by atoms with Crippen LogP contribution in [0.2, 0.25) is 0 Å². The van der Waals surface area contributed by atoms with Gasteiger partial charge in [0.2, 0.25) is 0 Å². The lowest BCUT2D eigenvalue weighted by molar-refractivity contribution is -0.0381. The van der Waals surface area contributed by atoms with E-state index >= 15 is 0 Å². The summed E-state index contributed by atoms with van der Waals surface area (Å²) in [6.45, 7) is 2.69. The maximum absolute atomic E-state index is 10.9. The maximum atomic E-state index is 10.9. The zero-order valence-electron chi connectivity index (χ0n) is 12.1. The van der Waals surface area contributed by atoms with Crippen molar-refractivity contribution in [1.82, 2.24) is 4.90 Å². The van der Waals surface area contributed by atoms with Gasteiger partial charge in [-0.3, -0.25) is 4.90 Å². The van der Waals surface area contributed by atoms with Crippen molar-refractivity contribution >= 4 is 12.4 Å². The molecule has 21 heavy (non-hydrogen) atoms. The summed E-state index contributed by atoms with van der Waals surface area (Å²) in [5, 5.41) is 10.9. The number of benzene rings is 2. The molecule has 0 aliphatic carbocycles. The second-order valence-electron chi connectivity index (χ2n) is 5.70. The molecule has 1 heterocycles. The van der Waals surface area contributed by atoms with Crippen LogP contribution in [0.5, 0.6) is 0 Å². The van der Waals surface area contributed by atoms with E-state index in [9.17, 15) is 5.11 Å². The van der Waals surface area contributed by atoms with Gasteiger partial charge in [0.05, 0.1) is 0 Å². The standard InChI is InChI=1S/C18H21NO.ClH/c20-18(17-10-5-2-6-11-17)12-7-13-19(15-18)14-16-8-3-1-4-9-16;/h1-6,8-11,20H,7,12-15H2;1H. The Morgan fingerprint density at radius 3 is 2.24 bits per heavy atom. The van der Waals surface area contributed by atoms with Crippen LogP contribution in [0.15, 0.2) is 60.7 Å². The molecule has 1 atom stereocenters. The number of piperidine rings is 1. The number of halogens is 1. The Morgan fingerprint density at radius 1 is 0.952 bits per heavy atom. The summed E-state index contributed by atoms with van der Waals surface area (Å²) in [4.78, 5) is 2.35. The lowest BCUT2D eigenvalue weighted by atomic mass is 9.85. The van der Waals surface area contributed by atoms with Gasteiger partial charge >= 0.3 is 0 Å². The number of β-amino-alcohol motifs (C(OH)–C–C–N with tert-alkyl or cyclic N) is 1. The summed E-state index contributed by atoms with van der Waals surface area (Å²) in [7, 11) is 0. The van der Waals surface area contributed by atoms with Crippen LogP contribution in [-0.4, -0.2) is 23.1 Å². The van der Waals surface area contributed by atoms with Gasteiger partial charge in [0.1, 0.15) is 5.60 Å². The number of rotatable bonds is 3. The molecule has 3 rings (SSSR count). The predicted octanol–water partition coefficient (Wildman–Crippen LogP) is 3.59. The Hall–Kier alpha value is -1.35. The first kappa shape index (κ1) is 16.0. The number of aliphatic hydroxyl groups is 1. The molecule has 0 saturated carbocycles.